The van der Waals surface area contributed by atoms with Crippen molar-refractivity contribution in [3.05, 3.63) is 98.0 Å². The smallest absolute Gasteiger partial charge is 0.440 e. The number of aliphatic hydroxyl groups is 1. The van der Waals surface area contributed by atoms with Crippen LogP contribution in [0, 0.1) is 13.8 Å². The van der Waals surface area contributed by atoms with E-state index in [1.54, 1.807) is 18.3 Å². The standard InChI is InChI=1S/C25H25N3O6/c1-16-12-20(32-11-10-29)7-8-21(16)22-5-3-4-19(17(22)2)15-33-23-9-6-18(13-26-23)14-28-24(30)27-25(31)34-28/h3-9,12-13,29H,10-11,14-15H2,1-2H3,(H,27,30,31). The fourth-order valence-corrected chi connectivity index (χ4v) is 3.65. The molecule has 9 heteroatoms. The van der Waals surface area contributed by atoms with Crippen LogP contribution in [-0.2, 0) is 13.2 Å². The minimum absolute atomic E-state index is 0.0233. The predicted octanol–water partition coefficient (Wildman–Crippen LogP) is 2.81. The van der Waals surface area contributed by atoms with Gasteiger partial charge in [0.15, 0.2) is 0 Å². The summed E-state index contributed by atoms with van der Waals surface area (Å²) in [6.07, 6.45) is 1.57. The van der Waals surface area contributed by atoms with Crippen molar-refractivity contribution in [1.82, 2.24) is 14.7 Å². The lowest BCUT2D eigenvalue weighted by molar-refractivity contribution is 0.201. The zero-order chi connectivity index (χ0) is 24.1. The number of aryl methyl sites for hydroxylation is 1. The van der Waals surface area contributed by atoms with E-state index in [9.17, 15) is 9.59 Å². The third-order valence-electron chi connectivity index (χ3n) is 5.42. The van der Waals surface area contributed by atoms with E-state index in [1.165, 1.54) is 0 Å². The molecule has 0 bridgehead atoms. The molecule has 0 saturated heterocycles. The Morgan fingerprint density at radius 3 is 2.59 bits per heavy atom. The summed E-state index contributed by atoms with van der Waals surface area (Å²) in [6, 6.07) is 15.4. The first-order chi connectivity index (χ1) is 16.4. The number of H-pyrrole nitrogens is 1. The number of aliphatic hydroxyl groups excluding tert-OH is 1. The first-order valence-corrected chi connectivity index (χ1v) is 10.8. The van der Waals surface area contributed by atoms with Gasteiger partial charge in [0.2, 0.25) is 5.88 Å². The van der Waals surface area contributed by atoms with Crippen LogP contribution in [-0.4, -0.2) is 33.0 Å². The molecule has 2 aromatic carbocycles. The molecule has 2 aromatic heterocycles. The Balaban J connectivity index is 1.45. The van der Waals surface area contributed by atoms with Crippen molar-refractivity contribution in [2.24, 2.45) is 0 Å². The summed E-state index contributed by atoms with van der Waals surface area (Å²) in [6.45, 7) is 4.76. The van der Waals surface area contributed by atoms with Crippen molar-refractivity contribution < 1.29 is 19.1 Å². The van der Waals surface area contributed by atoms with Crippen LogP contribution in [0.25, 0.3) is 11.1 Å². The van der Waals surface area contributed by atoms with Crippen LogP contribution in [0.5, 0.6) is 11.6 Å². The maximum atomic E-state index is 11.6. The fourth-order valence-electron chi connectivity index (χ4n) is 3.65. The van der Waals surface area contributed by atoms with Crippen LogP contribution in [0.1, 0.15) is 22.3 Å². The summed E-state index contributed by atoms with van der Waals surface area (Å²) in [7, 11) is 0. The van der Waals surface area contributed by atoms with E-state index in [0.717, 1.165) is 38.3 Å². The van der Waals surface area contributed by atoms with E-state index in [0.29, 0.717) is 18.1 Å². The Kier molecular flexibility index (Phi) is 6.93. The van der Waals surface area contributed by atoms with Gasteiger partial charge in [0.1, 0.15) is 19.0 Å². The number of aromatic amines is 1. The minimum atomic E-state index is -0.795. The molecule has 0 saturated carbocycles. The Bertz CT molecular complexity index is 1390. The molecule has 2 N–H and O–H groups in total. The van der Waals surface area contributed by atoms with E-state index in [4.69, 9.17) is 19.1 Å². The van der Waals surface area contributed by atoms with Gasteiger partial charge in [-0.3, -0.25) is 0 Å². The number of hydrogen-bond acceptors (Lipinski definition) is 7. The molecule has 34 heavy (non-hydrogen) atoms. The summed E-state index contributed by atoms with van der Waals surface area (Å²) in [5.74, 6) is 0.375. The van der Waals surface area contributed by atoms with Crippen molar-refractivity contribution >= 4 is 0 Å². The zero-order valence-electron chi connectivity index (χ0n) is 18.9. The van der Waals surface area contributed by atoms with Crippen LogP contribution in [0.4, 0.5) is 0 Å². The van der Waals surface area contributed by atoms with Gasteiger partial charge in [-0.15, -0.1) is 4.74 Å². The first kappa shape index (κ1) is 23.1. The quantitative estimate of drug-likeness (QED) is 0.392. The molecule has 0 atom stereocenters. The number of ether oxygens (including phenoxy) is 2. The summed E-state index contributed by atoms with van der Waals surface area (Å²) in [5, 5.41) is 8.94. The highest BCUT2D eigenvalue weighted by molar-refractivity contribution is 5.72. The topological polar surface area (TPSA) is 120 Å². The molecular formula is C25H25N3O6. The Hall–Kier alpha value is -4.11. The van der Waals surface area contributed by atoms with Gasteiger partial charge in [0, 0.05) is 12.3 Å². The van der Waals surface area contributed by atoms with Crippen molar-refractivity contribution in [1.29, 1.82) is 0 Å². The maximum absolute atomic E-state index is 11.6. The molecule has 2 heterocycles. The predicted molar refractivity (Wildman–Crippen MR) is 125 cm³/mol. The van der Waals surface area contributed by atoms with E-state index in [-0.39, 0.29) is 19.8 Å². The fraction of sp³-hybridized carbons (Fsp3) is 0.240. The zero-order valence-corrected chi connectivity index (χ0v) is 18.9. The van der Waals surface area contributed by atoms with Crippen molar-refractivity contribution in [3.8, 4) is 22.8 Å². The number of pyridine rings is 1. The summed E-state index contributed by atoms with van der Waals surface area (Å²) >= 11 is 0. The SMILES string of the molecule is Cc1cc(OCCO)ccc1-c1cccc(COc2ccc(Cn3oc(=O)[nH]c3=O)cn2)c1C. The van der Waals surface area contributed by atoms with Crippen LogP contribution < -0.4 is 20.9 Å². The Morgan fingerprint density at radius 1 is 1.06 bits per heavy atom. The molecular weight excluding hydrogens is 438 g/mol. The van der Waals surface area contributed by atoms with Gasteiger partial charge in [0.25, 0.3) is 0 Å². The third-order valence-corrected chi connectivity index (χ3v) is 5.42. The lowest BCUT2D eigenvalue weighted by Crippen LogP contribution is -2.17. The molecule has 0 amide bonds. The van der Waals surface area contributed by atoms with Crippen molar-refractivity contribution in [2.45, 2.75) is 27.0 Å². The van der Waals surface area contributed by atoms with E-state index >= 15 is 0 Å². The van der Waals surface area contributed by atoms with Crippen LogP contribution in [0.15, 0.2) is 68.8 Å². The lowest BCUT2D eigenvalue weighted by atomic mass is 9.94. The molecule has 0 aliphatic heterocycles. The average molecular weight is 463 g/mol. The monoisotopic (exact) mass is 463 g/mol. The second-order valence-electron chi connectivity index (χ2n) is 7.78. The molecule has 0 aliphatic rings. The van der Waals surface area contributed by atoms with Gasteiger partial charge in [-0.2, -0.15) is 0 Å². The number of nitrogens with zero attached hydrogens (tertiary/aromatic N) is 2. The van der Waals surface area contributed by atoms with Crippen LogP contribution >= 0.6 is 0 Å². The lowest BCUT2D eigenvalue weighted by Gasteiger charge is -2.15. The number of rotatable bonds is 9. The molecule has 4 aromatic rings. The minimum Gasteiger partial charge on any atom is -0.491 e. The van der Waals surface area contributed by atoms with Crippen molar-refractivity contribution in [2.75, 3.05) is 13.2 Å². The Labute approximate surface area is 195 Å². The molecule has 0 spiro atoms. The highest BCUT2D eigenvalue weighted by Gasteiger charge is 2.11. The molecule has 176 valence electrons. The summed E-state index contributed by atoms with van der Waals surface area (Å²) < 4.78 is 17.1. The van der Waals surface area contributed by atoms with Gasteiger partial charge in [-0.1, -0.05) is 30.3 Å². The number of hydrogen-bond donors (Lipinski definition) is 2. The normalized spacial score (nSPS) is 10.9. The summed E-state index contributed by atoms with van der Waals surface area (Å²) in [5.41, 5.74) is 5.50. The van der Waals surface area contributed by atoms with E-state index < -0.39 is 11.4 Å². The van der Waals surface area contributed by atoms with Crippen LogP contribution in [0.2, 0.25) is 0 Å². The highest BCUT2D eigenvalue weighted by atomic mass is 16.5. The largest absolute Gasteiger partial charge is 0.491 e. The molecule has 0 fully saturated rings. The highest BCUT2D eigenvalue weighted by Crippen LogP contribution is 2.31. The van der Waals surface area contributed by atoms with Gasteiger partial charge < -0.3 is 19.1 Å². The van der Waals surface area contributed by atoms with Gasteiger partial charge in [-0.05, 0) is 59.4 Å². The molecule has 9 nitrogen and oxygen atoms in total. The number of aromatic nitrogens is 3. The third kappa shape index (κ3) is 5.26. The average Bonchev–Trinajstić information content (AvgIpc) is 3.14. The summed E-state index contributed by atoms with van der Waals surface area (Å²) in [4.78, 5) is 29.0. The van der Waals surface area contributed by atoms with E-state index in [2.05, 4.69) is 18.0 Å². The molecule has 0 unspecified atom stereocenters. The van der Waals surface area contributed by atoms with E-state index in [1.807, 2.05) is 42.2 Å². The molecule has 4 rings (SSSR count). The Morgan fingerprint density at radius 2 is 1.91 bits per heavy atom. The second kappa shape index (κ2) is 10.2. The van der Waals surface area contributed by atoms with Crippen molar-refractivity contribution in [3.63, 3.8) is 0 Å². The molecule has 0 radical (unpaired) electrons. The van der Waals surface area contributed by atoms with Crippen LogP contribution in [0.3, 0.4) is 0 Å². The molecule has 0 aliphatic carbocycles. The maximum Gasteiger partial charge on any atom is 0.440 e. The first-order valence-electron chi connectivity index (χ1n) is 10.8. The second-order valence-corrected chi connectivity index (χ2v) is 7.78. The van der Waals surface area contributed by atoms with Gasteiger partial charge in [-0.25, -0.2) is 19.6 Å². The number of nitrogens with one attached hydrogen (secondary N) is 1. The van der Waals surface area contributed by atoms with Gasteiger partial charge in [0.05, 0.1) is 13.2 Å². The van der Waals surface area contributed by atoms with Gasteiger partial charge >= 0.3 is 11.4 Å². The number of benzene rings is 2.